The van der Waals surface area contributed by atoms with Crippen molar-refractivity contribution in [3.05, 3.63) is 75.3 Å². The average Bonchev–Trinajstić information content (AvgIpc) is 3.28. The van der Waals surface area contributed by atoms with Crippen LogP contribution >= 0.6 is 22.9 Å². The van der Waals surface area contributed by atoms with E-state index in [4.69, 9.17) is 16.3 Å². The Balaban J connectivity index is 1.86. The van der Waals surface area contributed by atoms with Gasteiger partial charge in [-0.05, 0) is 62.7 Å². The number of aryl methyl sites for hydroxylation is 1. The Morgan fingerprint density at radius 2 is 1.88 bits per heavy atom. The van der Waals surface area contributed by atoms with Gasteiger partial charge in [0.05, 0.1) is 17.7 Å². The number of aliphatic hydroxyl groups excluding tert-OH is 1. The van der Waals surface area contributed by atoms with Crippen molar-refractivity contribution < 1.29 is 19.4 Å². The van der Waals surface area contributed by atoms with Crippen molar-refractivity contribution in [3.63, 3.8) is 0 Å². The van der Waals surface area contributed by atoms with Gasteiger partial charge in [-0.1, -0.05) is 35.1 Å². The van der Waals surface area contributed by atoms with Gasteiger partial charge in [-0.15, -0.1) is 10.2 Å². The van der Waals surface area contributed by atoms with Gasteiger partial charge in [-0.3, -0.25) is 14.5 Å². The highest BCUT2D eigenvalue weighted by Crippen LogP contribution is 2.43. The quantitative estimate of drug-likeness (QED) is 0.324. The van der Waals surface area contributed by atoms with E-state index in [1.165, 1.54) is 16.2 Å². The summed E-state index contributed by atoms with van der Waals surface area (Å²) >= 11 is 7.38. The molecule has 164 valence electrons. The molecule has 4 rings (SSSR count). The van der Waals surface area contributed by atoms with E-state index < -0.39 is 17.7 Å². The molecule has 1 aromatic heterocycles. The summed E-state index contributed by atoms with van der Waals surface area (Å²) in [5.74, 6) is -1.24. The van der Waals surface area contributed by atoms with E-state index in [-0.39, 0.29) is 22.6 Å². The molecule has 1 aliphatic rings. The lowest BCUT2D eigenvalue weighted by molar-refractivity contribution is -0.132. The van der Waals surface area contributed by atoms with Crippen LogP contribution in [-0.2, 0) is 9.59 Å². The Morgan fingerprint density at radius 3 is 2.47 bits per heavy atom. The van der Waals surface area contributed by atoms with Gasteiger partial charge in [0.2, 0.25) is 5.13 Å². The molecule has 2 aromatic carbocycles. The highest BCUT2D eigenvalue weighted by Gasteiger charge is 2.48. The number of halogens is 1. The summed E-state index contributed by atoms with van der Waals surface area (Å²) in [4.78, 5) is 27.4. The van der Waals surface area contributed by atoms with Crippen LogP contribution in [0.3, 0.4) is 0 Å². The van der Waals surface area contributed by atoms with Crippen LogP contribution < -0.4 is 9.64 Å². The van der Waals surface area contributed by atoms with Crippen LogP contribution in [0.4, 0.5) is 5.13 Å². The topological polar surface area (TPSA) is 92.6 Å². The number of hydrogen-bond acceptors (Lipinski definition) is 7. The molecule has 3 aromatic rings. The van der Waals surface area contributed by atoms with Crippen molar-refractivity contribution in [3.8, 4) is 5.75 Å². The Kier molecular flexibility index (Phi) is 5.99. The summed E-state index contributed by atoms with van der Waals surface area (Å²) in [6.45, 7) is 5.58. The number of rotatable bonds is 5. The molecular formula is C23H20ClN3O4S. The first-order valence-electron chi connectivity index (χ1n) is 9.90. The number of benzene rings is 2. The van der Waals surface area contributed by atoms with Crippen molar-refractivity contribution in [2.24, 2.45) is 0 Å². The monoisotopic (exact) mass is 469 g/mol. The van der Waals surface area contributed by atoms with Crippen LogP contribution in [0.5, 0.6) is 5.75 Å². The van der Waals surface area contributed by atoms with Crippen molar-refractivity contribution >= 4 is 45.5 Å². The zero-order chi connectivity index (χ0) is 23.0. The molecule has 2 heterocycles. The van der Waals surface area contributed by atoms with Crippen LogP contribution in [-0.4, -0.2) is 33.1 Å². The lowest BCUT2D eigenvalue weighted by Crippen LogP contribution is -2.29. The summed E-state index contributed by atoms with van der Waals surface area (Å²) in [5.41, 5.74) is 0.924. The zero-order valence-corrected chi connectivity index (χ0v) is 19.1. The van der Waals surface area contributed by atoms with Gasteiger partial charge < -0.3 is 9.84 Å². The molecule has 0 saturated carbocycles. The number of Topliss-reactive ketones (excluding diaryl/α,β-unsaturated/α-hetero) is 1. The molecule has 1 amide bonds. The minimum atomic E-state index is -0.896. The predicted molar refractivity (Wildman–Crippen MR) is 123 cm³/mol. The molecule has 9 heteroatoms. The number of anilines is 1. The molecular weight excluding hydrogens is 450 g/mol. The number of carbonyl (C=O) groups is 2. The first-order valence-corrected chi connectivity index (χ1v) is 11.1. The third kappa shape index (κ3) is 4.11. The Labute approximate surface area is 193 Å². The number of aliphatic hydroxyl groups is 1. The van der Waals surface area contributed by atoms with E-state index in [9.17, 15) is 14.7 Å². The maximum atomic E-state index is 13.1. The molecule has 1 atom stereocenters. The lowest BCUT2D eigenvalue weighted by atomic mass is 9.95. The van der Waals surface area contributed by atoms with Crippen LogP contribution in [0, 0.1) is 6.92 Å². The van der Waals surface area contributed by atoms with Crippen LogP contribution in [0.2, 0.25) is 5.02 Å². The first kappa shape index (κ1) is 22.0. The summed E-state index contributed by atoms with van der Waals surface area (Å²) in [5, 5.41) is 20.5. The van der Waals surface area contributed by atoms with Crippen molar-refractivity contribution in [1.29, 1.82) is 0 Å². The van der Waals surface area contributed by atoms with Gasteiger partial charge in [0.1, 0.15) is 16.5 Å². The van der Waals surface area contributed by atoms with Gasteiger partial charge in [-0.2, -0.15) is 0 Å². The van der Waals surface area contributed by atoms with Crippen molar-refractivity contribution in [2.45, 2.75) is 32.9 Å². The smallest absolute Gasteiger partial charge is 0.301 e. The molecule has 1 aliphatic heterocycles. The molecule has 32 heavy (non-hydrogen) atoms. The second-order valence-electron chi connectivity index (χ2n) is 7.52. The van der Waals surface area contributed by atoms with E-state index in [2.05, 4.69) is 10.2 Å². The van der Waals surface area contributed by atoms with Gasteiger partial charge in [0.15, 0.2) is 0 Å². The number of ether oxygens (including phenoxy) is 1. The second-order valence-corrected chi connectivity index (χ2v) is 9.12. The van der Waals surface area contributed by atoms with E-state index in [1.807, 2.05) is 13.8 Å². The maximum absolute atomic E-state index is 13.1. The third-order valence-electron chi connectivity index (χ3n) is 4.83. The van der Waals surface area contributed by atoms with Crippen molar-refractivity contribution in [1.82, 2.24) is 10.2 Å². The largest absolute Gasteiger partial charge is 0.507 e. The fourth-order valence-electron chi connectivity index (χ4n) is 3.52. The van der Waals surface area contributed by atoms with E-state index in [1.54, 1.807) is 55.5 Å². The van der Waals surface area contributed by atoms with Gasteiger partial charge in [0, 0.05) is 10.6 Å². The summed E-state index contributed by atoms with van der Waals surface area (Å²) in [6.07, 6.45) is -0.00189. The zero-order valence-electron chi connectivity index (χ0n) is 17.6. The summed E-state index contributed by atoms with van der Waals surface area (Å²) < 4.78 is 5.64. The Bertz CT molecular complexity index is 1220. The first-order chi connectivity index (χ1) is 15.3. The molecule has 0 radical (unpaired) electrons. The average molecular weight is 470 g/mol. The normalized spacial score (nSPS) is 17.9. The number of hydrogen-bond donors (Lipinski definition) is 1. The number of carbonyl (C=O) groups excluding carboxylic acids is 2. The minimum absolute atomic E-state index is 0.00189. The third-order valence-corrected chi connectivity index (χ3v) is 5.90. The van der Waals surface area contributed by atoms with E-state index >= 15 is 0 Å². The molecule has 1 saturated heterocycles. The Hall–Kier alpha value is -3.23. The van der Waals surface area contributed by atoms with Gasteiger partial charge in [-0.25, -0.2) is 0 Å². The van der Waals surface area contributed by atoms with E-state index in [0.29, 0.717) is 26.9 Å². The fourth-order valence-corrected chi connectivity index (χ4v) is 4.44. The maximum Gasteiger partial charge on any atom is 0.301 e. The number of ketones is 1. The van der Waals surface area contributed by atoms with Gasteiger partial charge in [0.25, 0.3) is 5.78 Å². The summed E-state index contributed by atoms with van der Waals surface area (Å²) in [6, 6.07) is 12.6. The summed E-state index contributed by atoms with van der Waals surface area (Å²) in [7, 11) is 0. The van der Waals surface area contributed by atoms with E-state index in [0.717, 1.165) is 0 Å². The molecule has 1 fully saturated rings. The molecule has 7 nitrogen and oxygen atoms in total. The lowest BCUT2D eigenvalue weighted by Gasteiger charge is -2.22. The molecule has 1 unspecified atom stereocenters. The highest BCUT2D eigenvalue weighted by molar-refractivity contribution is 7.15. The molecule has 0 bridgehead atoms. The molecule has 0 aliphatic carbocycles. The van der Waals surface area contributed by atoms with Gasteiger partial charge >= 0.3 is 5.91 Å². The number of amides is 1. The van der Waals surface area contributed by atoms with Crippen LogP contribution in [0.1, 0.15) is 36.0 Å². The molecule has 0 spiro atoms. The van der Waals surface area contributed by atoms with Crippen LogP contribution in [0.25, 0.3) is 5.76 Å². The highest BCUT2D eigenvalue weighted by atomic mass is 35.5. The van der Waals surface area contributed by atoms with Crippen LogP contribution in [0.15, 0.2) is 54.1 Å². The molecule has 1 N–H and O–H groups in total. The minimum Gasteiger partial charge on any atom is -0.507 e. The fraction of sp³-hybridized carbons (Fsp3) is 0.217. The standard InChI is InChI=1S/C23H20ClN3O4S/c1-12(2)31-17-9-7-14(8-10-17)20(28)18-19(15-5-4-6-16(24)11-15)27(22(30)21(18)29)23-26-25-13(3)32-23/h4-12,19,28H,1-3H3/b20-18+. The second kappa shape index (κ2) is 8.72. The predicted octanol–water partition coefficient (Wildman–Crippen LogP) is 4.91. The SMILES string of the molecule is Cc1nnc(N2C(=O)C(=O)/C(=C(/O)c3ccc(OC(C)C)cc3)C2c2cccc(Cl)c2)s1. The van der Waals surface area contributed by atoms with Crippen molar-refractivity contribution in [2.75, 3.05) is 4.90 Å². The number of nitrogens with zero attached hydrogens (tertiary/aromatic N) is 3. The number of aromatic nitrogens is 2. The Morgan fingerprint density at radius 1 is 1.16 bits per heavy atom.